The van der Waals surface area contributed by atoms with E-state index in [1.54, 1.807) is 4.90 Å². The van der Waals surface area contributed by atoms with Gasteiger partial charge in [0.15, 0.2) is 0 Å². The molecule has 0 aromatic heterocycles. The molecule has 2 atom stereocenters. The Hall–Kier alpha value is -1.14. The van der Waals surface area contributed by atoms with Crippen molar-refractivity contribution in [2.75, 3.05) is 19.7 Å². The van der Waals surface area contributed by atoms with Gasteiger partial charge in [0.2, 0.25) is 0 Å². The summed E-state index contributed by atoms with van der Waals surface area (Å²) in [4.78, 5) is 25.4. The molecule has 1 N–H and O–H groups in total. The molecular weight excluding hydrogens is 274 g/mol. The zero-order chi connectivity index (χ0) is 15.6. The highest BCUT2D eigenvalue weighted by Crippen LogP contribution is 2.25. The van der Waals surface area contributed by atoms with Crippen molar-refractivity contribution in [3.8, 4) is 0 Å². The SMILES string of the molecule is CC(C)(C)OC(=O)C[C@@H]1CC[C@@H](C(=O)N2CC(O)C2)OC1. The fourth-order valence-corrected chi connectivity index (χ4v) is 2.62. The fourth-order valence-electron chi connectivity index (χ4n) is 2.62. The normalized spacial score (nSPS) is 27.1. The molecule has 0 radical (unpaired) electrons. The summed E-state index contributed by atoms with van der Waals surface area (Å²) in [6.07, 6.45) is 0.927. The monoisotopic (exact) mass is 299 g/mol. The molecule has 2 heterocycles. The molecular formula is C15H25NO5. The van der Waals surface area contributed by atoms with Gasteiger partial charge in [-0.25, -0.2) is 0 Å². The van der Waals surface area contributed by atoms with Crippen molar-refractivity contribution in [2.24, 2.45) is 5.92 Å². The standard InChI is InChI=1S/C15H25NO5/c1-15(2,3)21-13(18)6-10-4-5-12(20-9-10)14(19)16-7-11(17)8-16/h10-12,17H,4-9H2,1-3H3/t10-,12-/m0/s1. The van der Waals surface area contributed by atoms with E-state index >= 15 is 0 Å². The molecule has 0 bridgehead atoms. The molecule has 0 spiro atoms. The van der Waals surface area contributed by atoms with Crippen molar-refractivity contribution in [2.45, 2.75) is 57.8 Å². The van der Waals surface area contributed by atoms with Crippen LogP contribution in [0.5, 0.6) is 0 Å². The molecule has 0 aromatic rings. The third kappa shape index (κ3) is 4.68. The zero-order valence-electron chi connectivity index (χ0n) is 13.0. The second-order valence-corrected chi connectivity index (χ2v) is 6.95. The van der Waals surface area contributed by atoms with Crippen LogP contribution in [-0.4, -0.2) is 59.4 Å². The van der Waals surface area contributed by atoms with Crippen LogP contribution in [0, 0.1) is 5.92 Å². The van der Waals surface area contributed by atoms with E-state index in [2.05, 4.69) is 0 Å². The molecule has 2 saturated heterocycles. The molecule has 0 aromatic carbocycles. The molecule has 0 saturated carbocycles. The van der Waals surface area contributed by atoms with Crippen LogP contribution >= 0.6 is 0 Å². The van der Waals surface area contributed by atoms with Crippen LogP contribution in [0.4, 0.5) is 0 Å². The van der Waals surface area contributed by atoms with Crippen molar-refractivity contribution in [3.63, 3.8) is 0 Å². The zero-order valence-corrected chi connectivity index (χ0v) is 13.0. The summed E-state index contributed by atoms with van der Waals surface area (Å²) in [6.45, 7) is 6.75. The van der Waals surface area contributed by atoms with E-state index < -0.39 is 17.8 Å². The molecule has 1 amide bonds. The highest BCUT2D eigenvalue weighted by atomic mass is 16.6. The number of hydrogen-bond acceptors (Lipinski definition) is 5. The lowest BCUT2D eigenvalue weighted by atomic mass is 9.94. The van der Waals surface area contributed by atoms with E-state index in [1.807, 2.05) is 20.8 Å². The van der Waals surface area contributed by atoms with Crippen molar-refractivity contribution in [1.29, 1.82) is 0 Å². The molecule has 6 heteroatoms. The number of hydrogen-bond donors (Lipinski definition) is 1. The Morgan fingerprint density at radius 1 is 1.29 bits per heavy atom. The van der Waals surface area contributed by atoms with Crippen molar-refractivity contribution in [3.05, 3.63) is 0 Å². The smallest absolute Gasteiger partial charge is 0.306 e. The Balaban J connectivity index is 1.71. The Kier molecular flexibility index (Phi) is 4.88. The summed E-state index contributed by atoms with van der Waals surface area (Å²) < 4.78 is 10.9. The molecule has 2 aliphatic rings. The number of ether oxygens (including phenoxy) is 2. The number of β-amino-alcohol motifs (C(OH)–C–C–N with tert-alkyl or cyclic N) is 1. The van der Waals surface area contributed by atoms with Gasteiger partial charge in [0.1, 0.15) is 11.7 Å². The average Bonchev–Trinajstić information content (AvgIpc) is 2.33. The molecule has 120 valence electrons. The third-order valence-electron chi connectivity index (χ3n) is 3.69. The molecule has 21 heavy (non-hydrogen) atoms. The van der Waals surface area contributed by atoms with Gasteiger partial charge in [0, 0.05) is 13.1 Å². The van der Waals surface area contributed by atoms with Crippen LogP contribution in [0.2, 0.25) is 0 Å². The van der Waals surface area contributed by atoms with Gasteiger partial charge in [-0.2, -0.15) is 0 Å². The van der Waals surface area contributed by atoms with Crippen LogP contribution < -0.4 is 0 Å². The Labute approximate surface area is 125 Å². The topological polar surface area (TPSA) is 76.1 Å². The van der Waals surface area contributed by atoms with E-state index in [1.165, 1.54) is 0 Å². The maximum absolute atomic E-state index is 12.0. The quantitative estimate of drug-likeness (QED) is 0.777. The van der Waals surface area contributed by atoms with Crippen LogP contribution in [0.25, 0.3) is 0 Å². The second-order valence-electron chi connectivity index (χ2n) is 6.95. The van der Waals surface area contributed by atoms with Crippen LogP contribution in [0.15, 0.2) is 0 Å². The number of esters is 1. The maximum atomic E-state index is 12.0. The average molecular weight is 299 g/mol. The van der Waals surface area contributed by atoms with Gasteiger partial charge in [-0.05, 0) is 39.5 Å². The van der Waals surface area contributed by atoms with Crippen LogP contribution in [0.3, 0.4) is 0 Å². The minimum absolute atomic E-state index is 0.0454. The van der Waals surface area contributed by atoms with Crippen molar-refractivity contribution >= 4 is 11.9 Å². The van der Waals surface area contributed by atoms with E-state index in [0.717, 1.165) is 6.42 Å². The molecule has 6 nitrogen and oxygen atoms in total. The largest absolute Gasteiger partial charge is 0.460 e. The van der Waals surface area contributed by atoms with Gasteiger partial charge >= 0.3 is 5.97 Å². The van der Waals surface area contributed by atoms with Gasteiger partial charge in [-0.15, -0.1) is 0 Å². The number of likely N-dealkylation sites (tertiary alicyclic amines) is 1. The number of carbonyl (C=O) groups excluding carboxylic acids is 2. The van der Waals surface area contributed by atoms with Gasteiger partial charge < -0.3 is 19.5 Å². The minimum atomic E-state index is -0.469. The maximum Gasteiger partial charge on any atom is 0.306 e. The molecule has 0 unspecified atom stereocenters. The Morgan fingerprint density at radius 2 is 1.95 bits per heavy atom. The first-order chi connectivity index (χ1) is 9.74. The molecule has 2 rings (SSSR count). The van der Waals surface area contributed by atoms with E-state index in [-0.39, 0.29) is 17.8 Å². The first-order valence-electron chi connectivity index (χ1n) is 7.55. The second kappa shape index (κ2) is 6.32. The summed E-state index contributed by atoms with van der Waals surface area (Å²) in [5.41, 5.74) is -0.469. The third-order valence-corrected chi connectivity index (χ3v) is 3.69. The Morgan fingerprint density at radius 3 is 2.43 bits per heavy atom. The predicted molar refractivity (Wildman–Crippen MR) is 75.5 cm³/mol. The van der Waals surface area contributed by atoms with Crippen LogP contribution in [-0.2, 0) is 19.1 Å². The number of aliphatic hydroxyl groups excluding tert-OH is 1. The summed E-state index contributed by atoms with van der Waals surface area (Å²) in [6, 6.07) is 0. The highest BCUT2D eigenvalue weighted by molar-refractivity contribution is 5.82. The summed E-state index contributed by atoms with van der Waals surface area (Å²) in [5, 5.41) is 9.21. The van der Waals surface area contributed by atoms with Crippen molar-refractivity contribution in [1.82, 2.24) is 4.90 Å². The summed E-state index contributed by atoms with van der Waals surface area (Å²) >= 11 is 0. The molecule has 2 fully saturated rings. The number of rotatable bonds is 3. The van der Waals surface area contributed by atoms with Gasteiger partial charge in [0.25, 0.3) is 5.91 Å². The predicted octanol–water partition coefficient (Wildman–Crippen LogP) is 0.716. The lowest BCUT2D eigenvalue weighted by Crippen LogP contribution is -2.57. The number of aliphatic hydroxyl groups is 1. The van der Waals surface area contributed by atoms with Gasteiger partial charge in [-0.3, -0.25) is 9.59 Å². The van der Waals surface area contributed by atoms with E-state index in [4.69, 9.17) is 9.47 Å². The first-order valence-corrected chi connectivity index (χ1v) is 7.55. The number of carbonyl (C=O) groups is 2. The van der Waals surface area contributed by atoms with E-state index in [9.17, 15) is 14.7 Å². The lowest BCUT2D eigenvalue weighted by molar-refractivity contribution is -0.162. The lowest BCUT2D eigenvalue weighted by Gasteiger charge is -2.39. The summed E-state index contributed by atoms with van der Waals surface area (Å²) in [5.74, 6) is -0.145. The number of amides is 1. The molecule has 0 aliphatic carbocycles. The molecule has 2 aliphatic heterocycles. The first kappa shape index (κ1) is 16.2. The van der Waals surface area contributed by atoms with Crippen LogP contribution in [0.1, 0.15) is 40.0 Å². The summed E-state index contributed by atoms with van der Waals surface area (Å²) in [7, 11) is 0. The minimum Gasteiger partial charge on any atom is -0.460 e. The van der Waals surface area contributed by atoms with Crippen molar-refractivity contribution < 1.29 is 24.2 Å². The van der Waals surface area contributed by atoms with Gasteiger partial charge in [0.05, 0.1) is 19.1 Å². The van der Waals surface area contributed by atoms with Gasteiger partial charge in [-0.1, -0.05) is 0 Å². The number of nitrogens with zero attached hydrogens (tertiary/aromatic N) is 1. The fraction of sp³-hybridized carbons (Fsp3) is 0.867. The Bertz CT molecular complexity index is 389. The highest BCUT2D eigenvalue weighted by Gasteiger charge is 2.36. The van der Waals surface area contributed by atoms with E-state index in [0.29, 0.717) is 32.5 Å².